The van der Waals surface area contributed by atoms with E-state index in [-0.39, 0.29) is 11.8 Å². The Hall–Kier alpha value is -4.19. The van der Waals surface area contributed by atoms with Gasteiger partial charge in [0.05, 0.1) is 18.3 Å². The number of aryl methyl sites for hydroxylation is 1. The first-order valence-electron chi connectivity index (χ1n) is 13.3. The molecule has 0 spiro atoms. The minimum atomic E-state index is -0.993. The largest absolute Gasteiger partial charge is 0.478 e. The van der Waals surface area contributed by atoms with Crippen LogP contribution in [0.5, 0.6) is 0 Å². The van der Waals surface area contributed by atoms with E-state index in [1.165, 1.54) is 12.8 Å². The van der Waals surface area contributed by atoms with E-state index in [1.54, 1.807) is 6.08 Å². The zero-order chi connectivity index (χ0) is 26.2. The highest BCUT2D eigenvalue weighted by Crippen LogP contribution is 2.49. The van der Waals surface area contributed by atoms with E-state index in [9.17, 15) is 9.59 Å². The molecule has 6 nitrogen and oxygen atoms in total. The lowest BCUT2D eigenvalue weighted by atomic mass is 9.87. The van der Waals surface area contributed by atoms with Gasteiger partial charge in [0.25, 0.3) is 0 Å². The van der Waals surface area contributed by atoms with Crippen molar-refractivity contribution in [2.24, 2.45) is 24.8 Å². The van der Waals surface area contributed by atoms with Crippen molar-refractivity contribution in [1.29, 1.82) is 0 Å². The number of benzene rings is 3. The van der Waals surface area contributed by atoms with Gasteiger partial charge in [-0.1, -0.05) is 48.9 Å². The molecule has 1 heterocycles. The SMILES string of the molecule is Cn1ncc2cc(-c3ccc(CN(C(=O)[C@H]4C[C@H]5CC[C@@H]4C5)c4cccc(/C=C/C(=O)O)c4)cc3)ccc21. The molecule has 1 N–H and O–H groups in total. The topological polar surface area (TPSA) is 75.4 Å². The fourth-order valence-corrected chi connectivity index (χ4v) is 6.34. The van der Waals surface area contributed by atoms with Gasteiger partial charge in [-0.25, -0.2) is 4.79 Å². The lowest BCUT2D eigenvalue weighted by molar-refractivity contribution is -0.131. The fourth-order valence-electron chi connectivity index (χ4n) is 6.34. The van der Waals surface area contributed by atoms with Gasteiger partial charge >= 0.3 is 5.97 Å². The first-order valence-corrected chi connectivity index (χ1v) is 13.3. The predicted octanol–water partition coefficient (Wildman–Crippen LogP) is 6.31. The zero-order valence-corrected chi connectivity index (χ0v) is 21.5. The monoisotopic (exact) mass is 505 g/mol. The Kier molecular flexibility index (Phi) is 6.32. The van der Waals surface area contributed by atoms with E-state index in [0.717, 1.165) is 57.8 Å². The summed E-state index contributed by atoms with van der Waals surface area (Å²) in [4.78, 5) is 26.9. The summed E-state index contributed by atoms with van der Waals surface area (Å²) in [7, 11) is 1.94. The summed E-state index contributed by atoms with van der Waals surface area (Å²) in [5, 5.41) is 14.5. The summed E-state index contributed by atoms with van der Waals surface area (Å²) < 4.78 is 1.87. The van der Waals surface area contributed by atoms with Gasteiger partial charge in [-0.3, -0.25) is 9.48 Å². The van der Waals surface area contributed by atoms with Crippen molar-refractivity contribution < 1.29 is 14.7 Å². The van der Waals surface area contributed by atoms with Gasteiger partial charge in [0.2, 0.25) is 5.91 Å². The number of aliphatic carboxylic acids is 1. The Bertz CT molecular complexity index is 1540. The molecular formula is C32H31N3O3. The maximum atomic E-state index is 13.9. The average molecular weight is 506 g/mol. The molecule has 3 atom stereocenters. The van der Waals surface area contributed by atoms with Crippen LogP contribution in [0.2, 0.25) is 0 Å². The van der Waals surface area contributed by atoms with E-state index in [0.29, 0.717) is 18.4 Å². The first-order chi connectivity index (χ1) is 18.4. The van der Waals surface area contributed by atoms with Crippen LogP contribution in [0.1, 0.15) is 36.8 Å². The van der Waals surface area contributed by atoms with Crippen LogP contribution in [0.15, 0.2) is 79.0 Å². The summed E-state index contributed by atoms with van der Waals surface area (Å²) in [5.74, 6) is 0.417. The number of hydrogen-bond donors (Lipinski definition) is 1. The van der Waals surface area contributed by atoms with E-state index >= 15 is 0 Å². The molecule has 3 aromatic carbocycles. The van der Waals surface area contributed by atoms with Crippen LogP contribution in [0, 0.1) is 17.8 Å². The average Bonchev–Trinajstić information content (AvgIpc) is 3.67. The number of nitrogens with zero attached hydrogens (tertiary/aromatic N) is 3. The van der Waals surface area contributed by atoms with Gasteiger partial charge in [-0.15, -0.1) is 0 Å². The van der Waals surface area contributed by atoms with Crippen molar-refractivity contribution in [3.8, 4) is 11.1 Å². The van der Waals surface area contributed by atoms with Crippen LogP contribution >= 0.6 is 0 Å². The Morgan fingerprint density at radius 3 is 2.58 bits per heavy atom. The van der Waals surface area contributed by atoms with Gasteiger partial charge in [0.1, 0.15) is 0 Å². The molecule has 2 saturated carbocycles. The summed E-state index contributed by atoms with van der Waals surface area (Å²) in [6, 6.07) is 22.4. The molecule has 38 heavy (non-hydrogen) atoms. The molecule has 0 saturated heterocycles. The normalized spacial score (nSPS) is 20.4. The number of aromatic nitrogens is 2. The van der Waals surface area contributed by atoms with Crippen LogP contribution < -0.4 is 4.90 Å². The van der Waals surface area contributed by atoms with Crippen LogP contribution in [0.4, 0.5) is 5.69 Å². The Morgan fingerprint density at radius 2 is 1.84 bits per heavy atom. The molecule has 1 aromatic heterocycles. The molecule has 6 heteroatoms. The minimum Gasteiger partial charge on any atom is -0.478 e. The van der Waals surface area contributed by atoms with Crippen molar-refractivity contribution in [2.75, 3.05) is 4.90 Å². The third-order valence-electron chi connectivity index (χ3n) is 8.30. The molecule has 2 bridgehead atoms. The van der Waals surface area contributed by atoms with Crippen molar-refractivity contribution in [1.82, 2.24) is 9.78 Å². The molecule has 1 amide bonds. The Labute approximate surface area is 222 Å². The van der Waals surface area contributed by atoms with Gasteiger partial charge in [-0.2, -0.15) is 5.10 Å². The minimum absolute atomic E-state index is 0.0671. The van der Waals surface area contributed by atoms with Crippen molar-refractivity contribution in [3.05, 3.63) is 90.1 Å². The van der Waals surface area contributed by atoms with E-state index in [2.05, 4.69) is 47.6 Å². The molecule has 4 aromatic rings. The third kappa shape index (κ3) is 4.74. The van der Waals surface area contributed by atoms with Crippen LogP contribution in [0.25, 0.3) is 28.1 Å². The highest BCUT2D eigenvalue weighted by atomic mass is 16.4. The van der Waals surface area contributed by atoms with Gasteiger partial charge in [-0.05, 0) is 83.7 Å². The van der Waals surface area contributed by atoms with E-state index < -0.39 is 5.97 Å². The van der Waals surface area contributed by atoms with Crippen LogP contribution in [0.3, 0.4) is 0 Å². The molecule has 2 fully saturated rings. The number of fused-ring (bicyclic) bond motifs is 3. The molecule has 0 radical (unpaired) electrons. The molecule has 2 aliphatic rings. The Balaban J connectivity index is 1.28. The molecule has 6 rings (SSSR count). The maximum absolute atomic E-state index is 13.9. The second kappa shape index (κ2) is 9.93. The first kappa shape index (κ1) is 24.2. The van der Waals surface area contributed by atoms with Crippen molar-refractivity contribution in [2.45, 2.75) is 32.2 Å². The van der Waals surface area contributed by atoms with Gasteiger partial charge in [0, 0.05) is 30.1 Å². The Morgan fingerprint density at radius 1 is 1.03 bits per heavy atom. The summed E-state index contributed by atoms with van der Waals surface area (Å²) in [5.41, 5.74) is 5.96. The third-order valence-corrected chi connectivity index (χ3v) is 8.30. The van der Waals surface area contributed by atoms with Crippen LogP contribution in [-0.4, -0.2) is 26.8 Å². The number of carboxylic acids is 1. The second-order valence-corrected chi connectivity index (χ2v) is 10.7. The van der Waals surface area contributed by atoms with E-state index in [1.807, 2.05) is 47.1 Å². The van der Waals surface area contributed by atoms with Gasteiger partial charge in [0.15, 0.2) is 0 Å². The molecular weight excluding hydrogens is 474 g/mol. The molecule has 0 unspecified atom stereocenters. The number of anilines is 1. The molecule has 0 aliphatic heterocycles. The second-order valence-electron chi connectivity index (χ2n) is 10.7. The van der Waals surface area contributed by atoms with Crippen LogP contribution in [-0.2, 0) is 23.2 Å². The number of hydrogen-bond acceptors (Lipinski definition) is 3. The summed E-state index contributed by atoms with van der Waals surface area (Å²) in [6.07, 6.45) is 9.12. The predicted molar refractivity (Wildman–Crippen MR) is 149 cm³/mol. The van der Waals surface area contributed by atoms with E-state index in [4.69, 9.17) is 5.11 Å². The standard InChI is InChI=1S/C32H31N3O3/c1-34-30-13-12-25(18-27(30)19-33-34)24-9-5-22(6-10-24)20-35(32(38)29-17-23-7-11-26(29)15-23)28-4-2-3-21(16-28)8-14-31(36)37/h2-6,8-10,12-14,16,18-19,23,26,29H,7,11,15,17,20H2,1H3,(H,36,37)/b14-8+/t23-,26+,29-/m0/s1. The zero-order valence-electron chi connectivity index (χ0n) is 21.5. The smallest absolute Gasteiger partial charge is 0.328 e. The lowest BCUT2D eigenvalue weighted by Crippen LogP contribution is -2.38. The number of carbonyl (C=O) groups excluding carboxylic acids is 1. The highest BCUT2D eigenvalue weighted by Gasteiger charge is 2.44. The molecule has 192 valence electrons. The maximum Gasteiger partial charge on any atom is 0.328 e. The number of amides is 1. The van der Waals surface area contributed by atoms with Crippen molar-refractivity contribution >= 4 is 34.5 Å². The summed E-state index contributed by atoms with van der Waals surface area (Å²) in [6.45, 7) is 0.473. The fraction of sp³-hybridized carbons (Fsp3) is 0.281. The van der Waals surface area contributed by atoms with Crippen molar-refractivity contribution in [3.63, 3.8) is 0 Å². The summed E-state index contributed by atoms with van der Waals surface area (Å²) >= 11 is 0. The van der Waals surface area contributed by atoms with Gasteiger partial charge < -0.3 is 10.0 Å². The molecule has 2 aliphatic carbocycles. The number of rotatable bonds is 7. The quantitative estimate of drug-likeness (QED) is 0.299. The lowest BCUT2D eigenvalue weighted by Gasteiger charge is -2.30. The number of carboxylic acid groups (broad SMARTS) is 1. The highest BCUT2D eigenvalue weighted by molar-refractivity contribution is 5.96. The number of carbonyl (C=O) groups is 2.